The summed E-state index contributed by atoms with van der Waals surface area (Å²) >= 11 is 0. The molecule has 0 fully saturated rings. The Morgan fingerprint density at radius 3 is 2.70 bits per heavy atom. The monoisotopic (exact) mass is 280 g/mol. The highest BCUT2D eigenvalue weighted by Gasteiger charge is 2.03. The number of ether oxygens (including phenoxy) is 1. The Labute approximate surface area is 122 Å². The zero-order valence-corrected chi connectivity index (χ0v) is 13.2. The van der Waals surface area contributed by atoms with Crippen LogP contribution in [0.5, 0.6) is 0 Å². The zero-order valence-electron chi connectivity index (χ0n) is 13.2. The van der Waals surface area contributed by atoms with Crippen molar-refractivity contribution in [1.29, 1.82) is 0 Å². The third-order valence-corrected chi connectivity index (χ3v) is 2.82. The molecule has 1 heterocycles. The Morgan fingerprint density at radius 1 is 1.20 bits per heavy atom. The molecule has 1 rings (SSSR count). The lowest BCUT2D eigenvalue weighted by Crippen LogP contribution is -2.11. The summed E-state index contributed by atoms with van der Waals surface area (Å²) < 4.78 is 5.52. The molecule has 0 aliphatic carbocycles. The quantitative estimate of drug-likeness (QED) is 0.644. The van der Waals surface area contributed by atoms with Crippen LogP contribution < -0.4 is 10.6 Å². The maximum absolute atomic E-state index is 5.52. The fraction of sp³-hybridized carbons (Fsp3) is 0.733. The van der Waals surface area contributed by atoms with E-state index in [2.05, 4.69) is 41.4 Å². The summed E-state index contributed by atoms with van der Waals surface area (Å²) in [6.45, 7) is 10.9. The highest BCUT2D eigenvalue weighted by molar-refractivity contribution is 5.46. The second-order valence-electron chi connectivity index (χ2n) is 5.21. The van der Waals surface area contributed by atoms with Crippen molar-refractivity contribution in [3.05, 3.63) is 11.8 Å². The molecule has 0 radical (unpaired) electrons. The molecule has 0 spiro atoms. The first kappa shape index (κ1) is 16.7. The van der Waals surface area contributed by atoms with E-state index in [0.29, 0.717) is 12.1 Å². The molecule has 0 bridgehead atoms. The lowest BCUT2D eigenvalue weighted by molar-refractivity contribution is 0.0765. The molecular weight excluding hydrogens is 252 g/mol. The summed E-state index contributed by atoms with van der Waals surface area (Å²) in [6.07, 6.45) is 5.38. The van der Waals surface area contributed by atoms with Gasteiger partial charge in [0, 0.05) is 31.5 Å². The predicted octanol–water partition coefficient (Wildman–Crippen LogP) is 3.22. The van der Waals surface area contributed by atoms with E-state index in [0.717, 1.165) is 50.3 Å². The van der Waals surface area contributed by atoms with Crippen molar-refractivity contribution in [2.75, 3.05) is 30.3 Å². The van der Waals surface area contributed by atoms with Crippen LogP contribution in [-0.4, -0.2) is 35.8 Å². The molecule has 2 N–H and O–H groups in total. The van der Waals surface area contributed by atoms with Crippen LogP contribution in [0.3, 0.4) is 0 Å². The van der Waals surface area contributed by atoms with Crippen LogP contribution in [0.1, 0.15) is 45.6 Å². The minimum absolute atomic E-state index is 0.319. The average molecular weight is 280 g/mol. The van der Waals surface area contributed by atoms with Gasteiger partial charge in [0.2, 0.25) is 5.95 Å². The summed E-state index contributed by atoms with van der Waals surface area (Å²) in [5.74, 6) is 1.62. The van der Waals surface area contributed by atoms with E-state index in [9.17, 15) is 0 Å². The molecule has 0 amide bonds. The molecule has 0 unspecified atom stereocenters. The standard InChI is InChI=1S/C15H28N4O/c1-5-8-17-15-18-11-13(4)14(19-15)16-9-6-7-10-20-12(2)3/h11-12H,5-10H2,1-4H3,(H2,16,17,18,19). The number of hydrogen-bond acceptors (Lipinski definition) is 5. The number of nitrogens with zero attached hydrogens (tertiary/aromatic N) is 2. The number of rotatable bonds is 10. The van der Waals surface area contributed by atoms with E-state index in [1.165, 1.54) is 0 Å². The second-order valence-corrected chi connectivity index (χ2v) is 5.21. The maximum Gasteiger partial charge on any atom is 0.224 e. The van der Waals surface area contributed by atoms with Crippen molar-refractivity contribution in [3.8, 4) is 0 Å². The van der Waals surface area contributed by atoms with Gasteiger partial charge < -0.3 is 15.4 Å². The summed E-state index contributed by atoms with van der Waals surface area (Å²) in [5, 5.41) is 6.57. The van der Waals surface area contributed by atoms with Gasteiger partial charge >= 0.3 is 0 Å². The van der Waals surface area contributed by atoms with Crippen LogP contribution in [0.2, 0.25) is 0 Å². The van der Waals surface area contributed by atoms with E-state index in [1.54, 1.807) is 0 Å². The van der Waals surface area contributed by atoms with Crippen molar-refractivity contribution in [1.82, 2.24) is 9.97 Å². The Morgan fingerprint density at radius 2 is 2.00 bits per heavy atom. The lowest BCUT2D eigenvalue weighted by atomic mass is 10.3. The highest BCUT2D eigenvalue weighted by Crippen LogP contribution is 2.12. The highest BCUT2D eigenvalue weighted by atomic mass is 16.5. The average Bonchev–Trinajstić information content (AvgIpc) is 2.42. The van der Waals surface area contributed by atoms with E-state index >= 15 is 0 Å². The number of anilines is 2. The van der Waals surface area contributed by atoms with Crippen LogP contribution >= 0.6 is 0 Å². The number of nitrogens with one attached hydrogen (secondary N) is 2. The van der Waals surface area contributed by atoms with Gasteiger partial charge in [-0.15, -0.1) is 0 Å². The zero-order chi connectivity index (χ0) is 14.8. The van der Waals surface area contributed by atoms with E-state index < -0.39 is 0 Å². The van der Waals surface area contributed by atoms with Crippen molar-refractivity contribution in [2.45, 2.75) is 53.1 Å². The van der Waals surface area contributed by atoms with E-state index in [-0.39, 0.29) is 0 Å². The molecule has 0 aliphatic rings. The van der Waals surface area contributed by atoms with E-state index in [1.807, 2.05) is 13.1 Å². The van der Waals surface area contributed by atoms with Crippen LogP contribution in [0.15, 0.2) is 6.20 Å². The number of hydrogen-bond donors (Lipinski definition) is 2. The summed E-state index contributed by atoms with van der Waals surface area (Å²) in [4.78, 5) is 8.76. The van der Waals surface area contributed by atoms with Crippen LogP contribution in [-0.2, 0) is 4.74 Å². The van der Waals surface area contributed by atoms with Crippen molar-refractivity contribution < 1.29 is 4.74 Å². The topological polar surface area (TPSA) is 59.1 Å². The van der Waals surface area contributed by atoms with Crippen LogP contribution in [0.4, 0.5) is 11.8 Å². The van der Waals surface area contributed by atoms with Gasteiger partial charge in [0.05, 0.1) is 6.10 Å². The minimum atomic E-state index is 0.319. The fourth-order valence-corrected chi connectivity index (χ4v) is 1.70. The Kier molecular flexibility index (Phi) is 7.95. The van der Waals surface area contributed by atoms with Gasteiger partial charge in [-0.1, -0.05) is 6.92 Å². The first-order chi connectivity index (χ1) is 9.63. The molecular formula is C15H28N4O. The second kappa shape index (κ2) is 9.53. The van der Waals surface area contributed by atoms with Gasteiger partial charge in [0.1, 0.15) is 5.82 Å². The maximum atomic E-state index is 5.52. The SMILES string of the molecule is CCCNc1ncc(C)c(NCCCCOC(C)C)n1. The summed E-state index contributed by atoms with van der Waals surface area (Å²) in [7, 11) is 0. The van der Waals surface area contributed by atoms with E-state index in [4.69, 9.17) is 4.74 Å². The molecule has 0 atom stereocenters. The normalized spacial score (nSPS) is 10.8. The van der Waals surface area contributed by atoms with Gasteiger partial charge in [-0.2, -0.15) is 4.98 Å². The number of unbranched alkanes of at least 4 members (excludes halogenated alkanes) is 1. The molecule has 0 aliphatic heterocycles. The smallest absolute Gasteiger partial charge is 0.224 e. The summed E-state index contributed by atoms with van der Waals surface area (Å²) in [6, 6.07) is 0. The Balaban J connectivity index is 2.31. The molecule has 114 valence electrons. The Bertz CT molecular complexity index is 382. The van der Waals surface area contributed by atoms with Gasteiger partial charge in [-0.05, 0) is 40.0 Å². The van der Waals surface area contributed by atoms with Gasteiger partial charge in [0.15, 0.2) is 0 Å². The van der Waals surface area contributed by atoms with Gasteiger partial charge in [0.25, 0.3) is 0 Å². The molecule has 20 heavy (non-hydrogen) atoms. The number of aryl methyl sites for hydroxylation is 1. The number of aromatic nitrogens is 2. The first-order valence-corrected chi connectivity index (χ1v) is 7.56. The van der Waals surface area contributed by atoms with Crippen molar-refractivity contribution >= 4 is 11.8 Å². The first-order valence-electron chi connectivity index (χ1n) is 7.56. The van der Waals surface area contributed by atoms with Crippen LogP contribution in [0, 0.1) is 6.92 Å². The molecule has 5 nitrogen and oxygen atoms in total. The Hall–Kier alpha value is -1.36. The molecule has 1 aromatic rings. The van der Waals surface area contributed by atoms with Crippen molar-refractivity contribution in [3.63, 3.8) is 0 Å². The van der Waals surface area contributed by atoms with Crippen molar-refractivity contribution in [2.24, 2.45) is 0 Å². The fourth-order valence-electron chi connectivity index (χ4n) is 1.70. The molecule has 0 saturated heterocycles. The van der Waals surface area contributed by atoms with Gasteiger partial charge in [-0.3, -0.25) is 0 Å². The molecule has 0 aromatic carbocycles. The van der Waals surface area contributed by atoms with Crippen LogP contribution in [0.25, 0.3) is 0 Å². The molecule has 0 saturated carbocycles. The third kappa shape index (κ3) is 6.70. The minimum Gasteiger partial charge on any atom is -0.379 e. The lowest BCUT2D eigenvalue weighted by Gasteiger charge is -2.11. The molecule has 1 aromatic heterocycles. The predicted molar refractivity (Wildman–Crippen MR) is 84.4 cm³/mol. The summed E-state index contributed by atoms with van der Waals surface area (Å²) in [5.41, 5.74) is 1.07. The third-order valence-electron chi connectivity index (χ3n) is 2.82. The molecule has 5 heteroatoms. The largest absolute Gasteiger partial charge is 0.379 e. The van der Waals surface area contributed by atoms with Gasteiger partial charge in [-0.25, -0.2) is 4.98 Å².